The summed E-state index contributed by atoms with van der Waals surface area (Å²) in [6.07, 6.45) is -4.10. The molecule has 0 aromatic heterocycles. The second-order valence-electron chi connectivity index (χ2n) is 8.57. The summed E-state index contributed by atoms with van der Waals surface area (Å²) in [5, 5.41) is 12.3. The summed E-state index contributed by atoms with van der Waals surface area (Å²) < 4.78 is 37.1. The molecule has 1 aliphatic heterocycles. The van der Waals surface area contributed by atoms with Gasteiger partial charge in [0.05, 0.1) is 6.54 Å². The number of ether oxygens (including phenoxy) is 1. The van der Waals surface area contributed by atoms with Gasteiger partial charge in [-0.2, -0.15) is 13.2 Å². The van der Waals surface area contributed by atoms with Crippen LogP contribution in [0.25, 0.3) is 0 Å². The first-order chi connectivity index (χ1) is 17.2. The Hall–Kier alpha value is -3.84. The number of primary amides is 1. The van der Waals surface area contributed by atoms with Crippen LogP contribution in [-0.2, 0) is 30.5 Å². The molecule has 11 nitrogen and oxygen atoms in total. The minimum atomic E-state index is -5.08. The molecule has 0 spiro atoms. The predicted molar refractivity (Wildman–Crippen MR) is 124 cm³/mol. The molecule has 1 aromatic carbocycles. The number of amides is 4. The van der Waals surface area contributed by atoms with Crippen LogP contribution >= 0.6 is 0 Å². The zero-order valence-corrected chi connectivity index (χ0v) is 20.4. The molecule has 5 N–H and O–H groups in total. The number of halogens is 3. The van der Waals surface area contributed by atoms with Crippen molar-refractivity contribution in [2.24, 2.45) is 11.7 Å². The largest absolute Gasteiger partial charge is 0.490 e. The van der Waals surface area contributed by atoms with Gasteiger partial charge in [0.2, 0.25) is 17.7 Å². The number of benzene rings is 1. The number of nitrogens with two attached hydrogens (primary N) is 1. The quantitative estimate of drug-likeness (QED) is 0.374. The Morgan fingerprint density at radius 3 is 2.27 bits per heavy atom. The molecule has 2 rings (SSSR count). The van der Waals surface area contributed by atoms with E-state index >= 15 is 0 Å². The maximum atomic E-state index is 12.8. The topological polar surface area (TPSA) is 168 Å². The van der Waals surface area contributed by atoms with E-state index in [1.807, 2.05) is 44.2 Å². The molecular weight excluding hydrogens is 501 g/mol. The molecule has 1 saturated heterocycles. The summed E-state index contributed by atoms with van der Waals surface area (Å²) in [4.78, 5) is 58.9. The van der Waals surface area contributed by atoms with Crippen molar-refractivity contribution in [1.82, 2.24) is 15.5 Å². The third-order valence-electron chi connectivity index (χ3n) is 5.01. The van der Waals surface area contributed by atoms with E-state index in [-0.39, 0.29) is 19.1 Å². The van der Waals surface area contributed by atoms with Crippen LogP contribution in [0.15, 0.2) is 30.3 Å². The molecule has 1 heterocycles. The van der Waals surface area contributed by atoms with Crippen molar-refractivity contribution in [3.8, 4) is 0 Å². The molecule has 0 radical (unpaired) electrons. The molecule has 37 heavy (non-hydrogen) atoms. The van der Waals surface area contributed by atoms with Crippen LogP contribution in [0, 0.1) is 5.92 Å². The highest BCUT2D eigenvalue weighted by molar-refractivity contribution is 5.92. The summed E-state index contributed by atoms with van der Waals surface area (Å²) in [7, 11) is 0. The molecule has 1 fully saturated rings. The van der Waals surface area contributed by atoms with Crippen LogP contribution in [0.4, 0.5) is 18.0 Å². The Kier molecular flexibility index (Phi) is 12.4. The van der Waals surface area contributed by atoms with E-state index in [9.17, 15) is 32.3 Å². The molecular formula is C23H31F3N4O7. The average molecular weight is 533 g/mol. The van der Waals surface area contributed by atoms with Crippen molar-refractivity contribution < 1.29 is 47.0 Å². The van der Waals surface area contributed by atoms with Crippen molar-refractivity contribution in [2.45, 2.75) is 58.0 Å². The minimum Gasteiger partial charge on any atom is -0.475 e. The summed E-state index contributed by atoms with van der Waals surface area (Å²) in [5.41, 5.74) is 5.92. The number of carboxylic acid groups (broad SMARTS) is 1. The van der Waals surface area contributed by atoms with Gasteiger partial charge >= 0.3 is 18.2 Å². The highest BCUT2D eigenvalue weighted by Gasteiger charge is 2.38. The van der Waals surface area contributed by atoms with E-state index in [1.165, 1.54) is 4.90 Å². The first kappa shape index (κ1) is 31.2. The van der Waals surface area contributed by atoms with Gasteiger partial charge in [-0.1, -0.05) is 44.2 Å². The number of hydrogen-bond donors (Lipinski definition) is 4. The number of carbonyl (C=O) groups is 5. The highest BCUT2D eigenvalue weighted by Crippen LogP contribution is 2.20. The number of likely N-dealkylation sites (tertiary alicyclic amines) is 1. The van der Waals surface area contributed by atoms with Crippen LogP contribution in [0.1, 0.15) is 38.7 Å². The zero-order valence-electron chi connectivity index (χ0n) is 20.4. The molecule has 0 aliphatic carbocycles. The number of carbonyl (C=O) groups excluding carboxylic acids is 4. The Balaban J connectivity index is 0.000000856. The molecule has 206 valence electrons. The minimum absolute atomic E-state index is 0.121. The molecule has 14 heteroatoms. The van der Waals surface area contributed by atoms with E-state index in [1.54, 1.807) is 0 Å². The SMILES string of the molecule is CC(C)C[C@H](NC(=O)[C@@H]1CCCN1C(=O)OCc1ccccc1)C(=O)NCC(N)=O.O=C(O)C(F)(F)F. The third kappa shape index (κ3) is 11.6. The fraction of sp³-hybridized carbons (Fsp3) is 0.522. The van der Waals surface area contributed by atoms with Crippen LogP contribution in [0.3, 0.4) is 0 Å². The number of rotatable bonds is 9. The summed E-state index contributed by atoms with van der Waals surface area (Å²) in [6.45, 7) is 4.07. The van der Waals surface area contributed by atoms with Gasteiger partial charge in [-0.3, -0.25) is 19.3 Å². The lowest BCUT2D eigenvalue weighted by atomic mass is 10.0. The van der Waals surface area contributed by atoms with Crippen molar-refractivity contribution in [1.29, 1.82) is 0 Å². The lowest BCUT2D eigenvalue weighted by Gasteiger charge is -2.26. The second-order valence-corrected chi connectivity index (χ2v) is 8.57. The maximum Gasteiger partial charge on any atom is 0.490 e. The average Bonchev–Trinajstić information content (AvgIpc) is 3.31. The number of nitrogens with one attached hydrogen (secondary N) is 2. The Morgan fingerprint density at radius 1 is 1.16 bits per heavy atom. The molecule has 1 aromatic rings. The fourth-order valence-electron chi connectivity index (χ4n) is 3.33. The standard InChI is InChI=1S/C21H30N4O5.C2HF3O2/c1-14(2)11-16(19(27)23-12-18(22)26)24-20(28)17-9-6-10-25(17)21(29)30-13-15-7-4-3-5-8-15;3-2(4,5)1(6)7/h3-5,7-8,14,16-17H,6,9-13H2,1-2H3,(H2,22,26)(H,23,27)(H,24,28);(H,6,7)/t16-,17-;/m0./s1. The Bertz CT molecular complexity index is 942. The smallest absolute Gasteiger partial charge is 0.475 e. The molecule has 2 atom stereocenters. The Morgan fingerprint density at radius 2 is 1.76 bits per heavy atom. The van der Waals surface area contributed by atoms with Crippen molar-refractivity contribution >= 4 is 29.8 Å². The first-order valence-electron chi connectivity index (χ1n) is 11.4. The fourth-order valence-corrected chi connectivity index (χ4v) is 3.33. The molecule has 0 saturated carbocycles. The molecule has 0 bridgehead atoms. The number of carboxylic acids is 1. The van der Waals surface area contributed by atoms with E-state index < -0.39 is 48.0 Å². The van der Waals surface area contributed by atoms with Gasteiger partial charge in [-0.05, 0) is 30.7 Å². The number of hydrogen-bond acceptors (Lipinski definition) is 6. The van der Waals surface area contributed by atoms with Gasteiger partial charge in [-0.15, -0.1) is 0 Å². The van der Waals surface area contributed by atoms with E-state index in [2.05, 4.69) is 10.6 Å². The predicted octanol–water partition coefficient (Wildman–Crippen LogP) is 1.55. The van der Waals surface area contributed by atoms with Gasteiger partial charge in [0.1, 0.15) is 18.7 Å². The van der Waals surface area contributed by atoms with Crippen molar-refractivity contribution in [3.05, 3.63) is 35.9 Å². The van der Waals surface area contributed by atoms with Crippen LogP contribution in [0.5, 0.6) is 0 Å². The summed E-state index contributed by atoms with van der Waals surface area (Å²) in [5.74, 6) is -4.19. The molecule has 0 unspecified atom stereocenters. The lowest BCUT2D eigenvalue weighted by Crippen LogP contribution is -2.54. The van der Waals surface area contributed by atoms with Gasteiger partial charge in [-0.25, -0.2) is 9.59 Å². The highest BCUT2D eigenvalue weighted by atomic mass is 19.4. The van der Waals surface area contributed by atoms with Gasteiger partial charge in [0.15, 0.2) is 0 Å². The zero-order chi connectivity index (χ0) is 28.2. The maximum absolute atomic E-state index is 12.8. The van der Waals surface area contributed by atoms with E-state index in [0.717, 1.165) is 5.56 Å². The first-order valence-corrected chi connectivity index (χ1v) is 11.4. The van der Waals surface area contributed by atoms with Crippen LogP contribution < -0.4 is 16.4 Å². The third-order valence-corrected chi connectivity index (χ3v) is 5.01. The van der Waals surface area contributed by atoms with Crippen LogP contribution in [0.2, 0.25) is 0 Å². The van der Waals surface area contributed by atoms with Gasteiger partial charge < -0.3 is 26.2 Å². The lowest BCUT2D eigenvalue weighted by molar-refractivity contribution is -0.192. The van der Waals surface area contributed by atoms with Crippen molar-refractivity contribution in [3.63, 3.8) is 0 Å². The monoisotopic (exact) mass is 532 g/mol. The molecule has 1 aliphatic rings. The summed E-state index contributed by atoms with van der Waals surface area (Å²) in [6, 6.07) is 7.76. The van der Waals surface area contributed by atoms with E-state index in [4.69, 9.17) is 20.4 Å². The molecule has 4 amide bonds. The van der Waals surface area contributed by atoms with Gasteiger partial charge in [0.25, 0.3) is 0 Å². The van der Waals surface area contributed by atoms with E-state index in [0.29, 0.717) is 25.8 Å². The number of aliphatic carboxylic acids is 1. The number of nitrogens with zero attached hydrogens (tertiary/aromatic N) is 1. The Labute approximate surface area is 211 Å². The number of alkyl halides is 3. The second kappa shape index (κ2) is 14.7. The summed E-state index contributed by atoms with van der Waals surface area (Å²) >= 11 is 0. The normalized spacial score (nSPS) is 15.7. The van der Waals surface area contributed by atoms with Crippen LogP contribution in [-0.4, -0.2) is 71.1 Å². The van der Waals surface area contributed by atoms with Gasteiger partial charge in [0, 0.05) is 6.54 Å². The van der Waals surface area contributed by atoms with Crippen molar-refractivity contribution in [2.75, 3.05) is 13.1 Å².